The SMILES string of the molecule is COc1ccc(-c2c(OC)c3c(OC)c4cc(C(C)(C)O)oc4cc3oc2=O)cc1. The predicted octanol–water partition coefficient (Wildman–Crippen LogP) is 4.46. The molecular formula is C23H22O7. The van der Waals surface area contributed by atoms with E-state index >= 15 is 0 Å². The van der Waals surface area contributed by atoms with Crippen LogP contribution in [0.2, 0.25) is 0 Å². The number of fused-ring (bicyclic) bond motifs is 2. The van der Waals surface area contributed by atoms with E-state index in [-0.39, 0.29) is 11.1 Å². The summed E-state index contributed by atoms with van der Waals surface area (Å²) >= 11 is 0. The molecule has 0 saturated heterocycles. The smallest absolute Gasteiger partial charge is 0.347 e. The van der Waals surface area contributed by atoms with Gasteiger partial charge in [-0.25, -0.2) is 4.79 Å². The van der Waals surface area contributed by atoms with Crippen LogP contribution in [0.25, 0.3) is 33.1 Å². The second kappa shape index (κ2) is 7.11. The molecule has 0 amide bonds. The molecule has 2 aromatic carbocycles. The van der Waals surface area contributed by atoms with Gasteiger partial charge in [-0.3, -0.25) is 0 Å². The van der Waals surface area contributed by atoms with Crippen LogP contribution in [0.1, 0.15) is 19.6 Å². The number of rotatable bonds is 5. The molecule has 2 heterocycles. The van der Waals surface area contributed by atoms with Crippen molar-refractivity contribution in [3.05, 3.63) is 52.6 Å². The van der Waals surface area contributed by atoms with Gasteiger partial charge in [0, 0.05) is 6.07 Å². The summed E-state index contributed by atoms with van der Waals surface area (Å²) in [5, 5.41) is 11.5. The van der Waals surface area contributed by atoms with Crippen molar-refractivity contribution in [2.24, 2.45) is 0 Å². The molecular weight excluding hydrogens is 388 g/mol. The second-order valence-corrected chi connectivity index (χ2v) is 7.39. The molecule has 0 aliphatic heterocycles. The topological polar surface area (TPSA) is 91.3 Å². The maximum absolute atomic E-state index is 12.9. The van der Waals surface area contributed by atoms with E-state index in [1.807, 2.05) is 0 Å². The van der Waals surface area contributed by atoms with Crippen LogP contribution in [0.4, 0.5) is 0 Å². The lowest BCUT2D eigenvalue weighted by atomic mass is 10.0. The largest absolute Gasteiger partial charge is 0.497 e. The van der Waals surface area contributed by atoms with Crippen molar-refractivity contribution >= 4 is 21.9 Å². The maximum Gasteiger partial charge on any atom is 0.347 e. The highest BCUT2D eigenvalue weighted by Crippen LogP contribution is 2.45. The number of methoxy groups -OCH3 is 3. The van der Waals surface area contributed by atoms with Crippen LogP contribution in [0.5, 0.6) is 17.2 Å². The lowest BCUT2D eigenvalue weighted by Crippen LogP contribution is -2.13. The van der Waals surface area contributed by atoms with Crippen LogP contribution in [-0.2, 0) is 5.60 Å². The minimum absolute atomic E-state index is 0.259. The molecule has 0 radical (unpaired) electrons. The van der Waals surface area contributed by atoms with Gasteiger partial charge in [0.15, 0.2) is 0 Å². The minimum Gasteiger partial charge on any atom is -0.497 e. The molecule has 30 heavy (non-hydrogen) atoms. The molecule has 0 aliphatic carbocycles. The third kappa shape index (κ3) is 3.07. The highest BCUT2D eigenvalue weighted by molar-refractivity contribution is 6.06. The lowest BCUT2D eigenvalue weighted by Gasteiger charge is -2.13. The van der Waals surface area contributed by atoms with Gasteiger partial charge in [-0.05, 0) is 37.6 Å². The number of aliphatic hydroxyl groups is 1. The Balaban J connectivity index is 2.09. The van der Waals surface area contributed by atoms with E-state index in [4.69, 9.17) is 23.0 Å². The Hall–Kier alpha value is -3.45. The molecule has 4 rings (SSSR count). The maximum atomic E-state index is 12.9. The second-order valence-electron chi connectivity index (χ2n) is 7.39. The van der Waals surface area contributed by atoms with Gasteiger partial charge in [0.05, 0.1) is 26.7 Å². The molecule has 0 fully saturated rings. The fourth-order valence-corrected chi connectivity index (χ4v) is 3.52. The molecule has 1 N–H and O–H groups in total. The first-order valence-electron chi connectivity index (χ1n) is 9.31. The van der Waals surface area contributed by atoms with Crippen molar-refractivity contribution in [2.45, 2.75) is 19.4 Å². The molecule has 7 heteroatoms. The van der Waals surface area contributed by atoms with Crippen LogP contribution >= 0.6 is 0 Å². The number of furan rings is 1. The van der Waals surface area contributed by atoms with E-state index < -0.39 is 11.2 Å². The Morgan fingerprint density at radius 3 is 2.10 bits per heavy atom. The minimum atomic E-state index is -1.19. The number of ether oxygens (including phenoxy) is 3. The van der Waals surface area contributed by atoms with Gasteiger partial charge in [0.2, 0.25) is 0 Å². The average molecular weight is 410 g/mol. The first-order chi connectivity index (χ1) is 14.3. The Morgan fingerprint density at radius 2 is 1.53 bits per heavy atom. The Morgan fingerprint density at radius 1 is 0.867 bits per heavy atom. The van der Waals surface area contributed by atoms with Gasteiger partial charge in [-0.15, -0.1) is 0 Å². The Labute approximate surface area is 172 Å². The van der Waals surface area contributed by atoms with Gasteiger partial charge in [0.1, 0.15) is 50.7 Å². The van der Waals surface area contributed by atoms with E-state index in [0.717, 1.165) is 0 Å². The van der Waals surface area contributed by atoms with Crippen LogP contribution in [0, 0.1) is 0 Å². The lowest BCUT2D eigenvalue weighted by molar-refractivity contribution is 0.0559. The van der Waals surface area contributed by atoms with Crippen molar-refractivity contribution in [2.75, 3.05) is 21.3 Å². The molecule has 0 unspecified atom stereocenters. The summed E-state index contributed by atoms with van der Waals surface area (Å²) in [5.74, 6) is 1.79. The summed E-state index contributed by atoms with van der Waals surface area (Å²) in [6.45, 7) is 3.25. The summed E-state index contributed by atoms with van der Waals surface area (Å²) in [7, 11) is 4.58. The summed E-state index contributed by atoms with van der Waals surface area (Å²) in [4.78, 5) is 12.9. The van der Waals surface area contributed by atoms with E-state index in [0.29, 0.717) is 44.9 Å². The zero-order valence-corrected chi connectivity index (χ0v) is 17.4. The molecule has 0 saturated carbocycles. The number of benzene rings is 2. The van der Waals surface area contributed by atoms with Crippen LogP contribution in [0.15, 0.2) is 50.0 Å². The van der Waals surface area contributed by atoms with Crippen molar-refractivity contribution in [1.82, 2.24) is 0 Å². The average Bonchev–Trinajstić information content (AvgIpc) is 3.15. The van der Waals surface area contributed by atoms with Crippen LogP contribution < -0.4 is 19.8 Å². The highest BCUT2D eigenvalue weighted by atomic mass is 16.5. The first kappa shape index (κ1) is 19.8. The molecule has 0 spiro atoms. The van der Waals surface area contributed by atoms with Crippen molar-refractivity contribution < 1.29 is 28.2 Å². The zero-order chi connectivity index (χ0) is 21.6. The molecule has 0 aliphatic rings. The van der Waals surface area contributed by atoms with E-state index in [9.17, 15) is 9.90 Å². The van der Waals surface area contributed by atoms with Crippen LogP contribution in [0.3, 0.4) is 0 Å². The van der Waals surface area contributed by atoms with E-state index in [1.165, 1.54) is 14.2 Å². The van der Waals surface area contributed by atoms with Crippen molar-refractivity contribution in [1.29, 1.82) is 0 Å². The Bertz CT molecular complexity index is 1290. The molecule has 2 aromatic heterocycles. The molecule has 0 bridgehead atoms. The van der Waals surface area contributed by atoms with Gasteiger partial charge in [-0.1, -0.05) is 12.1 Å². The predicted molar refractivity (Wildman–Crippen MR) is 113 cm³/mol. The quantitative estimate of drug-likeness (QED) is 0.486. The zero-order valence-electron chi connectivity index (χ0n) is 17.4. The third-order valence-electron chi connectivity index (χ3n) is 4.99. The normalized spacial score (nSPS) is 11.8. The molecule has 0 atom stereocenters. The number of hydrogen-bond acceptors (Lipinski definition) is 7. The fraction of sp³-hybridized carbons (Fsp3) is 0.261. The monoisotopic (exact) mass is 410 g/mol. The first-order valence-corrected chi connectivity index (χ1v) is 9.31. The molecule has 4 aromatic rings. The third-order valence-corrected chi connectivity index (χ3v) is 4.99. The summed E-state index contributed by atoms with van der Waals surface area (Å²) in [5.41, 5.74) is -0.157. The molecule has 156 valence electrons. The van der Waals surface area contributed by atoms with Crippen LogP contribution in [-0.4, -0.2) is 26.4 Å². The fourth-order valence-electron chi connectivity index (χ4n) is 3.52. The summed E-state index contributed by atoms with van der Waals surface area (Å²) < 4.78 is 27.9. The van der Waals surface area contributed by atoms with Gasteiger partial charge >= 0.3 is 5.63 Å². The van der Waals surface area contributed by atoms with Crippen molar-refractivity contribution in [3.63, 3.8) is 0 Å². The standard InChI is InChI=1S/C23H22O7/c1-23(2,25)17-10-14-15(29-17)11-16-19(20(14)27-4)21(28-5)18(22(24)30-16)12-6-8-13(26-3)9-7-12/h6-11,25H,1-5H3. The van der Waals surface area contributed by atoms with E-state index in [1.54, 1.807) is 57.4 Å². The Kier molecular flexibility index (Phi) is 4.70. The van der Waals surface area contributed by atoms with Gasteiger partial charge in [0.25, 0.3) is 0 Å². The van der Waals surface area contributed by atoms with E-state index in [2.05, 4.69) is 0 Å². The van der Waals surface area contributed by atoms with Gasteiger partial charge < -0.3 is 28.2 Å². The highest BCUT2D eigenvalue weighted by Gasteiger charge is 2.27. The summed E-state index contributed by atoms with van der Waals surface area (Å²) in [6, 6.07) is 10.3. The number of hydrogen-bond donors (Lipinski definition) is 1. The molecule has 7 nitrogen and oxygen atoms in total. The summed E-state index contributed by atoms with van der Waals surface area (Å²) in [6.07, 6.45) is 0. The van der Waals surface area contributed by atoms with Crippen molar-refractivity contribution in [3.8, 4) is 28.4 Å². The van der Waals surface area contributed by atoms with Gasteiger partial charge in [-0.2, -0.15) is 0 Å².